The number of nitrogens with zero attached hydrogens (tertiary/aromatic N) is 1. The third-order valence-electron chi connectivity index (χ3n) is 2.79. The molecule has 0 fully saturated rings. The van der Waals surface area contributed by atoms with E-state index >= 15 is 0 Å². The number of hydrogen-bond donors (Lipinski definition) is 1. The molecule has 1 aromatic carbocycles. The Kier molecular flexibility index (Phi) is 5.10. The first-order valence-electron chi connectivity index (χ1n) is 6.43. The van der Waals surface area contributed by atoms with Crippen LogP contribution in [0.2, 0.25) is 0 Å². The highest BCUT2D eigenvalue weighted by molar-refractivity contribution is 5.97. The van der Waals surface area contributed by atoms with Crippen molar-refractivity contribution in [2.75, 3.05) is 13.6 Å². The van der Waals surface area contributed by atoms with Gasteiger partial charge in [-0.05, 0) is 39.3 Å². The van der Waals surface area contributed by atoms with Gasteiger partial charge < -0.3 is 10.2 Å². The number of likely N-dealkylation sites (N-methyl/N-ethyl adjacent to an activating group) is 1. The molecule has 0 aliphatic heterocycles. The average molecular weight is 262 g/mol. The predicted octanol–water partition coefficient (Wildman–Crippen LogP) is 1.90. The van der Waals surface area contributed by atoms with E-state index < -0.39 is 0 Å². The Morgan fingerprint density at radius 1 is 1.26 bits per heavy atom. The number of rotatable bonds is 4. The van der Waals surface area contributed by atoms with Crippen molar-refractivity contribution in [3.8, 4) is 0 Å². The fraction of sp³-hybridized carbons (Fsp3) is 0.467. The molecule has 0 radical (unpaired) electrons. The molecular formula is C15H22N2O2. The molecule has 0 aliphatic carbocycles. The first-order chi connectivity index (χ1) is 8.81. The molecule has 0 unspecified atom stereocenters. The molecule has 19 heavy (non-hydrogen) atoms. The predicted molar refractivity (Wildman–Crippen MR) is 76.2 cm³/mol. The van der Waals surface area contributed by atoms with Gasteiger partial charge in [0.05, 0.1) is 6.54 Å². The third-order valence-corrected chi connectivity index (χ3v) is 2.79. The summed E-state index contributed by atoms with van der Waals surface area (Å²) in [5, 5.41) is 2.77. The molecule has 4 nitrogen and oxygen atoms in total. The van der Waals surface area contributed by atoms with E-state index in [2.05, 4.69) is 5.32 Å². The van der Waals surface area contributed by atoms with Crippen LogP contribution in [0.3, 0.4) is 0 Å². The van der Waals surface area contributed by atoms with Gasteiger partial charge in [-0.3, -0.25) is 9.59 Å². The summed E-state index contributed by atoms with van der Waals surface area (Å²) in [5.74, 6) is -0.271. The highest BCUT2D eigenvalue weighted by Gasteiger charge is 2.16. The van der Waals surface area contributed by atoms with E-state index in [1.807, 2.05) is 45.9 Å². The van der Waals surface area contributed by atoms with Gasteiger partial charge >= 0.3 is 0 Å². The smallest absolute Gasteiger partial charge is 0.254 e. The number of benzene rings is 1. The van der Waals surface area contributed by atoms with Crippen LogP contribution < -0.4 is 5.32 Å². The standard InChI is InChI=1S/C15H22N2O2/c1-10(2)16-14(18)9-17(5)15(19)13-7-6-11(3)8-12(13)4/h6-8,10H,9H2,1-5H3,(H,16,18). The average Bonchev–Trinajstić information content (AvgIpc) is 2.26. The first-order valence-corrected chi connectivity index (χ1v) is 6.43. The molecule has 1 aromatic rings. The van der Waals surface area contributed by atoms with Gasteiger partial charge in [-0.1, -0.05) is 17.7 Å². The number of hydrogen-bond acceptors (Lipinski definition) is 2. The first kappa shape index (κ1) is 15.2. The highest BCUT2D eigenvalue weighted by Crippen LogP contribution is 2.12. The lowest BCUT2D eigenvalue weighted by molar-refractivity contribution is -0.122. The van der Waals surface area contributed by atoms with Gasteiger partial charge in [-0.15, -0.1) is 0 Å². The van der Waals surface area contributed by atoms with Crippen LogP contribution in [0.15, 0.2) is 18.2 Å². The molecule has 0 saturated carbocycles. The molecule has 104 valence electrons. The van der Waals surface area contributed by atoms with Crippen LogP contribution in [0.1, 0.15) is 35.3 Å². The summed E-state index contributed by atoms with van der Waals surface area (Å²) in [6.45, 7) is 7.75. The summed E-state index contributed by atoms with van der Waals surface area (Å²) >= 11 is 0. The van der Waals surface area contributed by atoms with Gasteiger partial charge in [-0.25, -0.2) is 0 Å². The molecular weight excluding hydrogens is 240 g/mol. The minimum atomic E-state index is -0.143. The van der Waals surface area contributed by atoms with Crippen LogP contribution >= 0.6 is 0 Å². The normalized spacial score (nSPS) is 10.4. The largest absolute Gasteiger partial charge is 0.352 e. The maximum atomic E-state index is 12.2. The fourth-order valence-electron chi connectivity index (χ4n) is 1.91. The van der Waals surface area contributed by atoms with Crippen LogP contribution in [0.25, 0.3) is 0 Å². The lowest BCUT2D eigenvalue weighted by atomic mass is 10.0. The van der Waals surface area contributed by atoms with Crippen molar-refractivity contribution >= 4 is 11.8 Å². The Morgan fingerprint density at radius 2 is 1.89 bits per heavy atom. The van der Waals surface area contributed by atoms with Crippen LogP contribution in [-0.2, 0) is 4.79 Å². The monoisotopic (exact) mass is 262 g/mol. The summed E-state index contributed by atoms with van der Waals surface area (Å²) in [4.78, 5) is 25.3. The van der Waals surface area contributed by atoms with E-state index in [1.54, 1.807) is 7.05 Å². The zero-order chi connectivity index (χ0) is 14.6. The van der Waals surface area contributed by atoms with Crippen molar-refractivity contribution in [2.45, 2.75) is 33.7 Å². The second-order valence-electron chi connectivity index (χ2n) is 5.20. The Morgan fingerprint density at radius 3 is 2.42 bits per heavy atom. The number of carbonyl (C=O) groups is 2. The topological polar surface area (TPSA) is 49.4 Å². The van der Waals surface area contributed by atoms with Crippen LogP contribution in [0, 0.1) is 13.8 Å². The van der Waals surface area contributed by atoms with Crippen molar-refractivity contribution in [3.63, 3.8) is 0 Å². The van der Waals surface area contributed by atoms with E-state index in [-0.39, 0.29) is 24.4 Å². The number of amides is 2. The van der Waals surface area contributed by atoms with Gasteiger partial charge in [0.2, 0.25) is 5.91 Å². The van der Waals surface area contributed by atoms with Crippen molar-refractivity contribution in [2.24, 2.45) is 0 Å². The molecule has 1 rings (SSSR count). The minimum absolute atomic E-state index is 0.0737. The number of aryl methyl sites for hydroxylation is 2. The second-order valence-corrected chi connectivity index (χ2v) is 5.20. The lowest BCUT2D eigenvalue weighted by Crippen LogP contribution is -2.41. The van der Waals surface area contributed by atoms with Crippen molar-refractivity contribution in [1.82, 2.24) is 10.2 Å². The molecule has 0 aliphatic rings. The molecule has 0 spiro atoms. The van der Waals surface area contributed by atoms with E-state index in [0.29, 0.717) is 5.56 Å². The summed E-state index contributed by atoms with van der Waals surface area (Å²) in [5.41, 5.74) is 2.70. The van der Waals surface area contributed by atoms with Gasteiger partial charge in [0.15, 0.2) is 0 Å². The molecule has 2 amide bonds. The lowest BCUT2D eigenvalue weighted by Gasteiger charge is -2.19. The summed E-state index contributed by atoms with van der Waals surface area (Å²) < 4.78 is 0. The Bertz CT molecular complexity index is 481. The quantitative estimate of drug-likeness (QED) is 0.901. The zero-order valence-corrected chi connectivity index (χ0v) is 12.3. The summed E-state index contributed by atoms with van der Waals surface area (Å²) in [6.07, 6.45) is 0. The van der Waals surface area contributed by atoms with E-state index in [0.717, 1.165) is 11.1 Å². The van der Waals surface area contributed by atoms with Crippen LogP contribution in [-0.4, -0.2) is 36.3 Å². The fourth-order valence-corrected chi connectivity index (χ4v) is 1.91. The maximum Gasteiger partial charge on any atom is 0.254 e. The van der Waals surface area contributed by atoms with Gasteiger partial charge in [-0.2, -0.15) is 0 Å². The van der Waals surface area contributed by atoms with E-state index in [4.69, 9.17) is 0 Å². The molecule has 0 saturated heterocycles. The molecule has 0 heterocycles. The highest BCUT2D eigenvalue weighted by atomic mass is 16.2. The number of nitrogens with one attached hydrogen (secondary N) is 1. The Balaban J connectivity index is 2.74. The SMILES string of the molecule is Cc1ccc(C(=O)N(C)CC(=O)NC(C)C)c(C)c1. The second kappa shape index (κ2) is 6.36. The third kappa shape index (κ3) is 4.39. The minimum Gasteiger partial charge on any atom is -0.352 e. The molecule has 1 N–H and O–H groups in total. The Hall–Kier alpha value is -1.84. The molecule has 4 heteroatoms. The van der Waals surface area contributed by atoms with E-state index in [9.17, 15) is 9.59 Å². The molecule has 0 atom stereocenters. The van der Waals surface area contributed by atoms with Gasteiger partial charge in [0, 0.05) is 18.7 Å². The molecule has 0 aromatic heterocycles. The van der Waals surface area contributed by atoms with Gasteiger partial charge in [0.1, 0.15) is 0 Å². The number of carbonyl (C=O) groups excluding carboxylic acids is 2. The molecule has 0 bridgehead atoms. The van der Waals surface area contributed by atoms with Crippen molar-refractivity contribution < 1.29 is 9.59 Å². The van der Waals surface area contributed by atoms with Crippen LogP contribution in [0.5, 0.6) is 0 Å². The van der Waals surface area contributed by atoms with Crippen LogP contribution in [0.4, 0.5) is 0 Å². The summed E-state index contributed by atoms with van der Waals surface area (Å²) in [6, 6.07) is 5.76. The maximum absolute atomic E-state index is 12.2. The zero-order valence-electron chi connectivity index (χ0n) is 12.3. The van der Waals surface area contributed by atoms with Crippen molar-refractivity contribution in [1.29, 1.82) is 0 Å². The van der Waals surface area contributed by atoms with Crippen molar-refractivity contribution in [3.05, 3.63) is 34.9 Å². The Labute approximate surface area is 114 Å². The van der Waals surface area contributed by atoms with Gasteiger partial charge in [0.25, 0.3) is 5.91 Å². The summed E-state index contributed by atoms with van der Waals surface area (Å²) in [7, 11) is 1.64. The van der Waals surface area contributed by atoms with E-state index in [1.165, 1.54) is 4.90 Å².